The zero-order valence-electron chi connectivity index (χ0n) is 14.3. The molecule has 0 radical (unpaired) electrons. The van der Waals surface area contributed by atoms with Crippen molar-refractivity contribution in [1.82, 2.24) is 0 Å². The first-order valence-electron chi connectivity index (χ1n) is 8.07. The number of nitrogens with one attached hydrogen (secondary N) is 1. The van der Waals surface area contributed by atoms with Crippen LogP contribution in [0.15, 0.2) is 35.5 Å². The lowest BCUT2D eigenvalue weighted by Gasteiger charge is -2.60. The van der Waals surface area contributed by atoms with Crippen LogP contribution in [0.3, 0.4) is 0 Å². The van der Waals surface area contributed by atoms with Gasteiger partial charge in [-0.3, -0.25) is 25.7 Å². The molecule has 3 atom stereocenters. The Bertz CT molecular complexity index is 802. The minimum absolute atomic E-state index is 0.126. The number of hydrazone groups is 1. The molecule has 0 heterocycles. The largest absolute Gasteiger partial charge is 0.301 e. The molecule has 1 fully saturated rings. The van der Waals surface area contributed by atoms with E-state index < -0.39 is 9.85 Å². The van der Waals surface area contributed by atoms with E-state index >= 15 is 0 Å². The van der Waals surface area contributed by atoms with E-state index in [9.17, 15) is 20.2 Å². The summed E-state index contributed by atoms with van der Waals surface area (Å²) in [5.41, 5.74) is 2.09. The van der Waals surface area contributed by atoms with Gasteiger partial charge in [-0.05, 0) is 29.7 Å². The molecule has 2 bridgehead atoms. The molecule has 3 aliphatic carbocycles. The molecule has 0 saturated heterocycles. The molecule has 4 rings (SSSR count). The fourth-order valence-electron chi connectivity index (χ4n) is 4.03. The number of hydrogen-bond donors (Lipinski definition) is 1. The van der Waals surface area contributed by atoms with Crippen molar-refractivity contribution in [2.45, 2.75) is 27.2 Å². The highest BCUT2D eigenvalue weighted by Crippen LogP contribution is 2.62. The number of benzene rings is 1. The number of nitro benzene ring substituents is 2. The Kier molecular flexibility index (Phi) is 3.85. The van der Waals surface area contributed by atoms with Crippen molar-refractivity contribution >= 4 is 23.3 Å². The van der Waals surface area contributed by atoms with Gasteiger partial charge in [-0.1, -0.05) is 32.9 Å². The van der Waals surface area contributed by atoms with Crippen LogP contribution >= 0.6 is 0 Å². The van der Waals surface area contributed by atoms with Crippen molar-refractivity contribution in [2.75, 3.05) is 5.43 Å². The Morgan fingerprint density at radius 1 is 1.24 bits per heavy atom. The number of allylic oxidation sites excluding steroid dienone is 2. The molecule has 0 unspecified atom stereocenters. The van der Waals surface area contributed by atoms with Crippen molar-refractivity contribution in [2.24, 2.45) is 27.8 Å². The van der Waals surface area contributed by atoms with Crippen LogP contribution in [0.25, 0.3) is 0 Å². The van der Waals surface area contributed by atoms with Crippen LogP contribution in [-0.4, -0.2) is 16.1 Å². The van der Waals surface area contributed by atoms with E-state index in [4.69, 9.17) is 0 Å². The van der Waals surface area contributed by atoms with Gasteiger partial charge in [0.1, 0.15) is 5.69 Å². The van der Waals surface area contributed by atoms with Gasteiger partial charge in [0, 0.05) is 17.7 Å². The third-order valence-corrected chi connectivity index (χ3v) is 5.70. The van der Waals surface area contributed by atoms with E-state index in [2.05, 4.69) is 43.5 Å². The molecule has 0 spiro atoms. The molecule has 25 heavy (non-hydrogen) atoms. The molecule has 132 valence electrons. The topological polar surface area (TPSA) is 111 Å². The van der Waals surface area contributed by atoms with Crippen molar-refractivity contribution in [1.29, 1.82) is 0 Å². The van der Waals surface area contributed by atoms with Crippen LogP contribution < -0.4 is 5.43 Å². The van der Waals surface area contributed by atoms with Gasteiger partial charge in [0.05, 0.1) is 15.9 Å². The maximum atomic E-state index is 11.1. The van der Waals surface area contributed by atoms with Crippen molar-refractivity contribution in [3.8, 4) is 0 Å². The van der Waals surface area contributed by atoms with E-state index in [0.717, 1.165) is 12.5 Å². The van der Waals surface area contributed by atoms with Crippen LogP contribution in [-0.2, 0) is 0 Å². The average molecular weight is 344 g/mol. The predicted octanol–water partition coefficient (Wildman–Crippen LogP) is 4.14. The Morgan fingerprint density at radius 3 is 2.52 bits per heavy atom. The number of nitrogens with zero attached hydrogens (tertiary/aromatic N) is 3. The lowest BCUT2D eigenvalue weighted by molar-refractivity contribution is -0.393. The summed E-state index contributed by atoms with van der Waals surface area (Å²) >= 11 is 0. The summed E-state index contributed by atoms with van der Waals surface area (Å²) in [6.45, 7) is 6.59. The summed E-state index contributed by atoms with van der Waals surface area (Å²) < 4.78 is 0. The molecule has 0 amide bonds. The quantitative estimate of drug-likeness (QED) is 0.373. The fraction of sp³-hybridized carbons (Fsp3) is 0.471. The second-order valence-electron chi connectivity index (χ2n) is 7.53. The first-order chi connectivity index (χ1) is 11.6. The average Bonchev–Trinajstić information content (AvgIpc) is 2.54. The summed E-state index contributed by atoms with van der Waals surface area (Å²) in [4.78, 5) is 20.6. The lowest BCUT2D eigenvalue weighted by atomic mass is 9.44. The highest BCUT2D eigenvalue weighted by atomic mass is 16.6. The molecular weight excluding hydrogens is 324 g/mol. The van der Waals surface area contributed by atoms with Crippen LogP contribution in [0.5, 0.6) is 0 Å². The summed E-state index contributed by atoms with van der Waals surface area (Å²) in [6.07, 6.45) is 7.26. The normalized spacial score (nSPS) is 29.2. The standard InChI is InChI=1S/C17H20N4O4/c1-16(2)11-6-7-17(3,15(16)8-11)10-18-19-13-5-4-12(20(22)23)9-14(13)21(24)25/h4-7,9-11,15,19H,8H2,1-3H3/b18-10+/t11-,15-,17+/m1/s1. The number of rotatable bonds is 5. The first kappa shape index (κ1) is 17.1. The van der Waals surface area contributed by atoms with Crippen LogP contribution in [0.2, 0.25) is 0 Å². The van der Waals surface area contributed by atoms with E-state index in [1.54, 1.807) is 6.21 Å². The monoisotopic (exact) mass is 344 g/mol. The number of fused-ring (bicyclic) bond motifs is 1. The molecular formula is C17H20N4O4. The fourth-order valence-corrected chi connectivity index (χ4v) is 4.03. The molecule has 1 N–H and O–H groups in total. The minimum atomic E-state index is -0.664. The van der Waals surface area contributed by atoms with Gasteiger partial charge >= 0.3 is 5.69 Å². The van der Waals surface area contributed by atoms with E-state index in [1.807, 2.05) is 0 Å². The molecule has 8 nitrogen and oxygen atoms in total. The second-order valence-corrected chi connectivity index (χ2v) is 7.53. The third kappa shape index (κ3) is 2.77. The van der Waals surface area contributed by atoms with Gasteiger partial charge in [-0.25, -0.2) is 0 Å². The SMILES string of the molecule is CC1(C)[C@@H]2C=C[C@@](C)(/C=N/Nc3ccc([N+](=O)[O-])cc3[N+](=O)[O-])[C@@H]1C2. The Morgan fingerprint density at radius 2 is 1.96 bits per heavy atom. The summed E-state index contributed by atoms with van der Waals surface area (Å²) in [5.74, 6) is 1.06. The number of nitro groups is 2. The van der Waals surface area contributed by atoms with Crippen molar-refractivity contribution < 1.29 is 9.85 Å². The van der Waals surface area contributed by atoms with Crippen molar-refractivity contribution in [3.63, 3.8) is 0 Å². The minimum Gasteiger partial charge on any atom is -0.272 e. The Hall–Kier alpha value is -2.77. The van der Waals surface area contributed by atoms with Gasteiger partial charge in [-0.2, -0.15) is 5.10 Å². The van der Waals surface area contributed by atoms with E-state index in [0.29, 0.717) is 11.8 Å². The number of anilines is 1. The maximum Gasteiger partial charge on any atom is 0.301 e. The molecule has 1 aromatic carbocycles. The highest BCUT2D eigenvalue weighted by molar-refractivity contribution is 5.73. The Balaban J connectivity index is 1.81. The summed E-state index contributed by atoms with van der Waals surface area (Å²) in [7, 11) is 0. The Labute approximate surface area is 144 Å². The van der Waals surface area contributed by atoms with Crippen LogP contribution in [0.1, 0.15) is 27.2 Å². The zero-order chi connectivity index (χ0) is 18.4. The van der Waals surface area contributed by atoms with Gasteiger partial charge < -0.3 is 0 Å². The molecule has 3 aliphatic rings. The maximum absolute atomic E-state index is 11.1. The predicted molar refractivity (Wildman–Crippen MR) is 94.5 cm³/mol. The number of hydrogen-bond acceptors (Lipinski definition) is 6. The van der Waals surface area contributed by atoms with Gasteiger partial charge in [0.15, 0.2) is 0 Å². The van der Waals surface area contributed by atoms with E-state index in [-0.39, 0.29) is 27.9 Å². The molecule has 1 saturated carbocycles. The van der Waals surface area contributed by atoms with Gasteiger partial charge in [0.2, 0.25) is 0 Å². The molecule has 1 aromatic rings. The summed E-state index contributed by atoms with van der Waals surface area (Å²) in [6, 6.07) is 3.45. The van der Waals surface area contributed by atoms with E-state index in [1.165, 1.54) is 12.1 Å². The molecule has 8 heteroatoms. The second kappa shape index (κ2) is 5.65. The highest BCUT2D eigenvalue weighted by Gasteiger charge is 2.56. The number of non-ortho nitro benzene ring substituents is 1. The first-order valence-corrected chi connectivity index (χ1v) is 8.07. The van der Waals surface area contributed by atoms with Crippen LogP contribution in [0.4, 0.5) is 17.1 Å². The summed E-state index contributed by atoms with van der Waals surface area (Å²) in [5, 5.41) is 26.1. The van der Waals surface area contributed by atoms with Gasteiger partial charge in [-0.15, -0.1) is 0 Å². The third-order valence-electron chi connectivity index (χ3n) is 5.70. The van der Waals surface area contributed by atoms with Crippen molar-refractivity contribution in [3.05, 3.63) is 50.6 Å². The van der Waals surface area contributed by atoms with Gasteiger partial charge in [0.25, 0.3) is 5.69 Å². The lowest BCUT2D eigenvalue weighted by Crippen LogP contribution is -2.54. The zero-order valence-corrected chi connectivity index (χ0v) is 14.3. The van der Waals surface area contributed by atoms with Crippen LogP contribution in [0, 0.1) is 42.9 Å². The molecule has 0 aliphatic heterocycles. The molecule has 0 aromatic heterocycles. The smallest absolute Gasteiger partial charge is 0.272 e.